The molecule has 0 saturated heterocycles. The second-order valence-corrected chi connectivity index (χ2v) is 7.18. The molecule has 1 aliphatic rings. The van der Waals surface area contributed by atoms with E-state index in [1.165, 1.54) is 38.9 Å². The molecule has 0 spiro atoms. The van der Waals surface area contributed by atoms with Crippen molar-refractivity contribution in [3.05, 3.63) is 63.9 Å². The molecule has 24 heavy (non-hydrogen) atoms. The van der Waals surface area contributed by atoms with Crippen molar-refractivity contribution in [1.82, 2.24) is 0 Å². The fourth-order valence-electron chi connectivity index (χ4n) is 4.12. The number of hydrogen-bond donors (Lipinski definition) is 1. The van der Waals surface area contributed by atoms with Crippen LogP contribution in [0.25, 0.3) is 17.2 Å². The highest BCUT2D eigenvalue weighted by Gasteiger charge is 2.33. The summed E-state index contributed by atoms with van der Waals surface area (Å²) in [5.41, 5.74) is 9.02. The Hall–Kier alpha value is -2.02. The molecular formula is C23H28O. The van der Waals surface area contributed by atoms with Crippen molar-refractivity contribution in [3.8, 4) is 11.1 Å². The van der Waals surface area contributed by atoms with Gasteiger partial charge in [0.05, 0.1) is 0 Å². The van der Waals surface area contributed by atoms with Gasteiger partial charge in [-0.15, -0.1) is 0 Å². The van der Waals surface area contributed by atoms with Crippen LogP contribution in [0.4, 0.5) is 0 Å². The maximum atomic E-state index is 10.7. The lowest BCUT2D eigenvalue weighted by Gasteiger charge is -2.26. The second-order valence-electron chi connectivity index (χ2n) is 7.18. The number of benzene rings is 2. The molecule has 1 atom stereocenters. The molecule has 1 unspecified atom stereocenters. The third kappa shape index (κ3) is 2.66. The number of allylic oxidation sites excluding steroid dienone is 1. The van der Waals surface area contributed by atoms with Crippen molar-refractivity contribution in [1.29, 1.82) is 0 Å². The summed E-state index contributed by atoms with van der Waals surface area (Å²) in [5.74, 6) is 1.15. The van der Waals surface area contributed by atoms with E-state index >= 15 is 0 Å². The molecule has 1 heteroatoms. The Morgan fingerprint density at radius 2 is 1.58 bits per heavy atom. The van der Waals surface area contributed by atoms with E-state index in [2.05, 4.69) is 65.0 Å². The summed E-state index contributed by atoms with van der Waals surface area (Å²) in [6, 6.07) is 11.1. The highest BCUT2D eigenvalue weighted by molar-refractivity contribution is 5.81. The summed E-state index contributed by atoms with van der Waals surface area (Å²) in [5, 5.41) is 10.7. The van der Waals surface area contributed by atoms with Gasteiger partial charge in [-0.2, -0.15) is 0 Å². The van der Waals surface area contributed by atoms with Gasteiger partial charge < -0.3 is 5.11 Å². The zero-order valence-corrected chi connectivity index (χ0v) is 15.5. The first-order chi connectivity index (χ1) is 11.5. The Balaban J connectivity index is 2.23. The van der Waals surface area contributed by atoms with Crippen LogP contribution in [0.1, 0.15) is 60.4 Å². The minimum atomic E-state index is 0.131. The Morgan fingerprint density at radius 1 is 0.917 bits per heavy atom. The van der Waals surface area contributed by atoms with Crippen LogP contribution in [-0.2, 0) is 0 Å². The van der Waals surface area contributed by atoms with Gasteiger partial charge >= 0.3 is 0 Å². The highest BCUT2D eigenvalue weighted by atomic mass is 16.3. The molecule has 0 heterocycles. The third-order valence-corrected chi connectivity index (χ3v) is 5.74. The van der Waals surface area contributed by atoms with Crippen LogP contribution in [0.2, 0.25) is 0 Å². The third-order valence-electron chi connectivity index (χ3n) is 5.74. The molecule has 1 aliphatic carbocycles. The van der Waals surface area contributed by atoms with Gasteiger partial charge in [-0.3, -0.25) is 0 Å². The van der Waals surface area contributed by atoms with Gasteiger partial charge in [0, 0.05) is 5.92 Å². The highest BCUT2D eigenvalue weighted by Crippen LogP contribution is 2.48. The zero-order chi connectivity index (χ0) is 17.4. The van der Waals surface area contributed by atoms with E-state index in [0.717, 1.165) is 12.8 Å². The molecule has 0 bridgehead atoms. The van der Waals surface area contributed by atoms with Gasteiger partial charge in [0.1, 0.15) is 5.76 Å². The van der Waals surface area contributed by atoms with Crippen LogP contribution in [0.3, 0.4) is 0 Å². The zero-order valence-electron chi connectivity index (χ0n) is 15.5. The molecule has 0 aromatic heterocycles. The second kappa shape index (κ2) is 6.47. The molecule has 0 aliphatic heterocycles. The predicted molar refractivity (Wildman–Crippen MR) is 104 cm³/mol. The molecule has 3 rings (SSSR count). The molecule has 1 N–H and O–H groups in total. The van der Waals surface area contributed by atoms with Crippen LogP contribution in [0.15, 0.2) is 36.1 Å². The molecule has 2 aromatic rings. The van der Waals surface area contributed by atoms with Gasteiger partial charge in [-0.25, -0.2) is 0 Å². The number of aryl methyl sites for hydroxylation is 3. The van der Waals surface area contributed by atoms with Crippen LogP contribution in [0.5, 0.6) is 0 Å². The van der Waals surface area contributed by atoms with Crippen molar-refractivity contribution >= 4 is 6.08 Å². The molecule has 0 saturated carbocycles. The lowest BCUT2D eigenvalue weighted by Crippen LogP contribution is -2.13. The molecule has 0 radical (unpaired) electrons. The average Bonchev–Trinajstić information content (AvgIpc) is 2.88. The van der Waals surface area contributed by atoms with Crippen LogP contribution < -0.4 is 0 Å². The average molecular weight is 320 g/mol. The van der Waals surface area contributed by atoms with E-state index in [-0.39, 0.29) is 5.92 Å². The fourth-order valence-corrected chi connectivity index (χ4v) is 4.12. The maximum Gasteiger partial charge on any atom is 0.101 e. The largest absolute Gasteiger partial charge is 0.512 e. The van der Waals surface area contributed by atoms with Crippen LogP contribution >= 0.6 is 0 Å². The van der Waals surface area contributed by atoms with Gasteiger partial charge in [0.2, 0.25) is 0 Å². The minimum absolute atomic E-state index is 0.131. The van der Waals surface area contributed by atoms with E-state index in [0.29, 0.717) is 11.7 Å². The normalized spacial score (nSPS) is 16.4. The van der Waals surface area contributed by atoms with Crippen LogP contribution in [-0.4, -0.2) is 5.11 Å². The van der Waals surface area contributed by atoms with Gasteiger partial charge in [0.15, 0.2) is 0 Å². The van der Waals surface area contributed by atoms with Gasteiger partial charge in [-0.1, -0.05) is 57.0 Å². The van der Waals surface area contributed by atoms with Gasteiger partial charge in [0.25, 0.3) is 0 Å². The lowest BCUT2D eigenvalue weighted by molar-refractivity contribution is 0.313. The van der Waals surface area contributed by atoms with E-state index in [1.807, 2.05) is 6.08 Å². The SMILES string of the molecule is CCC(CC)C1C(O)=Cc2ccc(C)c(-c3ccc(C)c(C)c3)c21. The van der Waals surface area contributed by atoms with Crippen molar-refractivity contribution in [2.75, 3.05) is 0 Å². The maximum absolute atomic E-state index is 10.7. The molecule has 0 fully saturated rings. The Morgan fingerprint density at radius 3 is 2.21 bits per heavy atom. The summed E-state index contributed by atoms with van der Waals surface area (Å²) in [4.78, 5) is 0. The van der Waals surface area contributed by atoms with E-state index < -0.39 is 0 Å². The van der Waals surface area contributed by atoms with Crippen molar-refractivity contribution in [2.45, 2.75) is 53.4 Å². The first-order valence-electron chi connectivity index (χ1n) is 9.09. The number of fused-ring (bicyclic) bond motifs is 1. The van der Waals surface area contributed by atoms with Crippen molar-refractivity contribution in [3.63, 3.8) is 0 Å². The van der Waals surface area contributed by atoms with E-state index in [9.17, 15) is 5.11 Å². The quantitative estimate of drug-likeness (QED) is 0.663. The predicted octanol–water partition coefficient (Wildman–Crippen LogP) is 6.71. The molecular weight excluding hydrogens is 292 g/mol. The Bertz CT molecular complexity index is 794. The number of aliphatic hydroxyl groups excluding tert-OH is 1. The first kappa shape index (κ1) is 16.8. The van der Waals surface area contributed by atoms with Crippen LogP contribution in [0, 0.1) is 26.7 Å². The summed E-state index contributed by atoms with van der Waals surface area (Å²) < 4.78 is 0. The summed E-state index contributed by atoms with van der Waals surface area (Å²) >= 11 is 0. The Labute approximate surface area is 146 Å². The summed E-state index contributed by atoms with van der Waals surface area (Å²) in [6.45, 7) is 11.0. The summed E-state index contributed by atoms with van der Waals surface area (Å²) in [6.07, 6.45) is 4.14. The van der Waals surface area contributed by atoms with Crippen molar-refractivity contribution < 1.29 is 5.11 Å². The molecule has 1 nitrogen and oxygen atoms in total. The standard InChI is InChI=1S/C23H28O/c1-6-17(7-2)22-20(24)13-19-11-9-15(4)21(23(19)22)18-10-8-14(3)16(5)12-18/h8-13,17,22,24H,6-7H2,1-5H3. The smallest absolute Gasteiger partial charge is 0.101 e. The fraction of sp³-hybridized carbons (Fsp3) is 0.391. The Kier molecular flexibility index (Phi) is 4.54. The number of hydrogen-bond acceptors (Lipinski definition) is 1. The topological polar surface area (TPSA) is 20.2 Å². The molecule has 2 aromatic carbocycles. The first-order valence-corrected chi connectivity index (χ1v) is 9.09. The summed E-state index contributed by atoms with van der Waals surface area (Å²) in [7, 11) is 0. The monoisotopic (exact) mass is 320 g/mol. The lowest BCUT2D eigenvalue weighted by atomic mass is 9.78. The van der Waals surface area contributed by atoms with E-state index in [1.54, 1.807) is 0 Å². The number of rotatable bonds is 4. The van der Waals surface area contributed by atoms with E-state index in [4.69, 9.17) is 0 Å². The molecule has 126 valence electrons. The van der Waals surface area contributed by atoms with Gasteiger partial charge in [-0.05, 0) is 71.7 Å². The molecule has 0 amide bonds. The number of aliphatic hydroxyl groups is 1. The minimum Gasteiger partial charge on any atom is -0.512 e. The van der Waals surface area contributed by atoms with Crippen molar-refractivity contribution in [2.24, 2.45) is 5.92 Å².